The van der Waals surface area contributed by atoms with Crippen LogP contribution in [0.15, 0.2) is 20.0 Å². The van der Waals surface area contributed by atoms with Crippen LogP contribution in [0.5, 0.6) is 0 Å². The molecule has 0 atom stereocenters. The second-order valence-electron chi connectivity index (χ2n) is 2.49. The van der Waals surface area contributed by atoms with Crippen molar-refractivity contribution < 1.29 is 17.2 Å². The van der Waals surface area contributed by atoms with Crippen LogP contribution in [0.3, 0.4) is 0 Å². The molecule has 15 heavy (non-hydrogen) atoms. The number of aromatic nitrogens is 1. The predicted molar refractivity (Wildman–Crippen MR) is 56.0 cm³/mol. The van der Waals surface area contributed by atoms with Crippen molar-refractivity contribution in [2.24, 2.45) is 5.14 Å². The van der Waals surface area contributed by atoms with Gasteiger partial charge < -0.3 is 0 Å². The average molecular weight is 366 g/mol. The summed E-state index contributed by atoms with van der Waals surface area (Å²) < 4.78 is 47.1. The first-order chi connectivity index (χ1) is 6.73. The highest BCUT2D eigenvalue weighted by Gasteiger charge is 2.25. The number of nitrogens with zero attached hydrogens (tertiary/aromatic N) is 1. The maximum absolute atomic E-state index is 12.5. The van der Waals surface area contributed by atoms with Gasteiger partial charge in [-0.25, -0.2) is 27.3 Å². The fraction of sp³-hybridized carbons (Fsp3) is 0.167. The lowest BCUT2D eigenvalue weighted by Crippen LogP contribution is -2.16. The Bertz CT molecular complexity index is 492. The normalized spacial score (nSPS) is 12.1. The average Bonchev–Trinajstić information content (AvgIpc) is 1.99. The van der Waals surface area contributed by atoms with E-state index in [0.29, 0.717) is 0 Å². The van der Waals surface area contributed by atoms with E-state index in [2.05, 4.69) is 36.8 Å². The van der Waals surface area contributed by atoms with E-state index in [-0.39, 0.29) is 9.08 Å². The number of halogens is 4. The zero-order valence-electron chi connectivity index (χ0n) is 6.92. The molecule has 0 unspecified atom stereocenters. The summed E-state index contributed by atoms with van der Waals surface area (Å²) in [6, 6.07) is 1.23. The first kappa shape index (κ1) is 12.9. The van der Waals surface area contributed by atoms with Crippen molar-refractivity contribution >= 4 is 41.9 Å². The number of nitrogens with two attached hydrogens (primary N) is 1. The van der Waals surface area contributed by atoms with Crippen LogP contribution >= 0.6 is 31.9 Å². The van der Waals surface area contributed by atoms with Gasteiger partial charge in [0.25, 0.3) is 6.43 Å². The van der Waals surface area contributed by atoms with Crippen molar-refractivity contribution in [3.8, 4) is 0 Å². The molecule has 0 spiro atoms. The third-order valence-corrected chi connectivity index (χ3v) is 3.71. The Balaban J connectivity index is 3.62. The van der Waals surface area contributed by atoms with Crippen LogP contribution in [0.2, 0.25) is 0 Å². The number of sulfonamides is 1. The minimum atomic E-state index is -4.24. The van der Waals surface area contributed by atoms with Crippen molar-refractivity contribution in [2.75, 3.05) is 0 Å². The molecule has 9 heteroatoms. The van der Waals surface area contributed by atoms with Gasteiger partial charge in [0.2, 0.25) is 10.0 Å². The topological polar surface area (TPSA) is 73.1 Å². The Kier molecular flexibility index (Phi) is 3.80. The summed E-state index contributed by atoms with van der Waals surface area (Å²) in [6.45, 7) is 0. The summed E-state index contributed by atoms with van der Waals surface area (Å²) in [6.07, 6.45) is -3.02. The van der Waals surface area contributed by atoms with E-state index in [1.54, 1.807) is 0 Å². The summed E-state index contributed by atoms with van der Waals surface area (Å²) in [7, 11) is -4.24. The molecule has 0 bridgehead atoms. The summed E-state index contributed by atoms with van der Waals surface area (Å²) in [5, 5.41) is 4.80. The van der Waals surface area contributed by atoms with Gasteiger partial charge in [-0.15, -0.1) is 0 Å². The van der Waals surface area contributed by atoms with Crippen molar-refractivity contribution in [1.29, 1.82) is 0 Å². The molecule has 0 aliphatic carbocycles. The molecule has 1 rings (SSSR count). The molecule has 0 radical (unpaired) electrons. The molecule has 1 aromatic heterocycles. The highest BCUT2D eigenvalue weighted by atomic mass is 79.9. The predicted octanol–water partition coefficient (Wildman–Crippen LogP) is 2.19. The smallest absolute Gasteiger partial charge is 0.238 e. The Morgan fingerprint density at radius 3 is 2.33 bits per heavy atom. The van der Waals surface area contributed by atoms with Crippen LogP contribution in [0.4, 0.5) is 8.78 Å². The molecule has 0 saturated heterocycles. The minimum Gasteiger partial charge on any atom is -0.238 e. The molecule has 1 heterocycles. The highest BCUT2D eigenvalue weighted by Crippen LogP contribution is 2.32. The van der Waals surface area contributed by atoms with Gasteiger partial charge in [-0.2, -0.15) is 0 Å². The van der Waals surface area contributed by atoms with E-state index in [1.165, 1.54) is 6.07 Å². The van der Waals surface area contributed by atoms with Gasteiger partial charge in [-0.05, 0) is 37.9 Å². The summed E-state index contributed by atoms with van der Waals surface area (Å²) in [5.74, 6) is 0. The van der Waals surface area contributed by atoms with Gasteiger partial charge in [0.15, 0.2) is 0 Å². The van der Waals surface area contributed by atoms with Gasteiger partial charge in [-0.1, -0.05) is 0 Å². The zero-order chi connectivity index (χ0) is 11.8. The van der Waals surface area contributed by atoms with Crippen molar-refractivity contribution in [2.45, 2.75) is 11.3 Å². The van der Waals surface area contributed by atoms with Crippen LogP contribution in [-0.2, 0) is 10.0 Å². The zero-order valence-corrected chi connectivity index (χ0v) is 10.9. The third kappa shape index (κ3) is 2.92. The Labute approximate surface area is 101 Å². The van der Waals surface area contributed by atoms with Gasteiger partial charge in [-0.3, -0.25) is 0 Å². The summed E-state index contributed by atoms with van der Waals surface area (Å²) >= 11 is 5.71. The fourth-order valence-corrected chi connectivity index (χ4v) is 3.50. The molecule has 0 saturated carbocycles. The number of hydrogen-bond donors (Lipinski definition) is 1. The summed E-state index contributed by atoms with van der Waals surface area (Å²) in [5.41, 5.74) is -0.876. The van der Waals surface area contributed by atoms with Gasteiger partial charge >= 0.3 is 0 Å². The van der Waals surface area contributed by atoms with E-state index in [0.717, 1.165) is 0 Å². The molecule has 0 aliphatic rings. The Morgan fingerprint density at radius 2 is 1.93 bits per heavy atom. The molecule has 1 aromatic rings. The SMILES string of the molecule is NS(=O)(=O)c1c(Br)cc(Br)nc1C(F)F. The minimum absolute atomic E-state index is 0.0535. The van der Waals surface area contributed by atoms with E-state index >= 15 is 0 Å². The molecular weight excluding hydrogens is 362 g/mol. The number of rotatable bonds is 2. The molecular formula is C6H4Br2F2N2O2S. The van der Waals surface area contributed by atoms with Gasteiger partial charge in [0.05, 0.1) is 0 Å². The monoisotopic (exact) mass is 364 g/mol. The maximum atomic E-state index is 12.5. The molecule has 4 nitrogen and oxygen atoms in total. The molecule has 84 valence electrons. The van der Waals surface area contributed by atoms with E-state index < -0.39 is 27.0 Å². The van der Waals surface area contributed by atoms with Crippen molar-refractivity contribution in [3.05, 3.63) is 20.8 Å². The fourth-order valence-electron chi connectivity index (χ4n) is 0.920. The van der Waals surface area contributed by atoms with E-state index in [4.69, 9.17) is 5.14 Å². The quantitative estimate of drug-likeness (QED) is 0.816. The Morgan fingerprint density at radius 1 is 1.40 bits per heavy atom. The van der Waals surface area contributed by atoms with E-state index in [1.807, 2.05) is 0 Å². The highest BCUT2D eigenvalue weighted by molar-refractivity contribution is 9.11. The van der Waals surface area contributed by atoms with Crippen LogP contribution in [-0.4, -0.2) is 13.4 Å². The van der Waals surface area contributed by atoms with Crippen LogP contribution < -0.4 is 5.14 Å². The maximum Gasteiger partial charge on any atom is 0.281 e. The molecule has 0 amide bonds. The first-order valence-corrected chi connectivity index (χ1v) is 6.53. The first-order valence-electron chi connectivity index (χ1n) is 3.40. The van der Waals surface area contributed by atoms with Crippen molar-refractivity contribution in [3.63, 3.8) is 0 Å². The molecule has 0 aromatic carbocycles. The van der Waals surface area contributed by atoms with Crippen LogP contribution in [0, 0.1) is 0 Å². The number of alkyl halides is 2. The second-order valence-corrected chi connectivity index (χ2v) is 5.65. The van der Waals surface area contributed by atoms with Gasteiger partial charge in [0, 0.05) is 4.47 Å². The van der Waals surface area contributed by atoms with Crippen LogP contribution in [0.25, 0.3) is 0 Å². The number of pyridine rings is 1. The van der Waals surface area contributed by atoms with Crippen LogP contribution in [0.1, 0.15) is 12.1 Å². The number of hydrogen-bond acceptors (Lipinski definition) is 3. The molecule has 0 fully saturated rings. The van der Waals surface area contributed by atoms with E-state index in [9.17, 15) is 17.2 Å². The number of primary sulfonamides is 1. The summed E-state index contributed by atoms with van der Waals surface area (Å²) in [4.78, 5) is 2.68. The Hall–Kier alpha value is -0.120. The third-order valence-electron chi connectivity index (χ3n) is 1.41. The lowest BCUT2D eigenvalue weighted by Gasteiger charge is -2.08. The lowest BCUT2D eigenvalue weighted by molar-refractivity contribution is 0.142. The van der Waals surface area contributed by atoms with Gasteiger partial charge in [0.1, 0.15) is 15.2 Å². The largest absolute Gasteiger partial charge is 0.281 e. The lowest BCUT2D eigenvalue weighted by atomic mass is 10.3. The standard InChI is InChI=1S/C6H4Br2F2N2O2S/c7-2-1-3(8)12-4(6(9)10)5(2)15(11,13)14/h1,6H,(H2,11,13,14). The van der Waals surface area contributed by atoms with Crippen molar-refractivity contribution in [1.82, 2.24) is 4.98 Å². The second kappa shape index (κ2) is 4.40. The molecule has 2 N–H and O–H groups in total. The molecule has 0 aliphatic heterocycles.